The molecule has 0 aliphatic carbocycles. The maximum atomic E-state index is 10.9. The Labute approximate surface area is 64.1 Å². The third-order valence-corrected chi connectivity index (χ3v) is 1.54. The molecule has 0 aliphatic heterocycles. The number of hydrogen-bond donors (Lipinski definition) is 0. The van der Waals surface area contributed by atoms with E-state index in [9.17, 15) is 4.79 Å². The number of rotatable bonds is 1. The number of pyridine rings is 1. The Balaban J connectivity index is 3.20. The molecule has 0 unspecified atom stereocenters. The highest BCUT2D eigenvalue weighted by molar-refractivity contribution is 6.15. The molecule has 0 spiro atoms. The van der Waals surface area contributed by atoms with Crippen LogP contribution in [0.2, 0.25) is 0 Å². The molecule has 0 bridgehead atoms. The van der Waals surface area contributed by atoms with Gasteiger partial charge in [0.15, 0.2) is 0 Å². The van der Waals surface area contributed by atoms with Crippen LogP contribution in [0.4, 0.5) is 0 Å². The first-order valence-corrected chi connectivity index (χ1v) is 3.50. The fourth-order valence-electron chi connectivity index (χ4n) is 0.706. The second kappa shape index (κ2) is 2.88. The zero-order valence-electron chi connectivity index (χ0n) is 5.67. The smallest absolute Gasteiger partial charge is 0.251 e. The van der Waals surface area contributed by atoms with Gasteiger partial charge in [-0.05, 0) is 18.6 Å². The SMILES string of the molecule is Cc1ccn(CCl)c(=O)c1. The Morgan fingerprint density at radius 1 is 1.70 bits per heavy atom. The Hall–Kier alpha value is -0.760. The fourth-order valence-corrected chi connectivity index (χ4v) is 0.903. The third-order valence-electron chi connectivity index (χ3n) is 1.28. The average Bonchev–Trinajstić information content (AvgIpc) is 1.88. The summed E-state index contributed by atoms with van der Waals surface area (Å²) < 4.78 is 1.44. The lowest BCUT2D eigenvalue weighted by molar-refractivity contribution is 0.828. The molecule has 1 aromatic rings. The first-order chi connectivity index (χ1) is 4.74. The lowest BCUT2D eigenvalue weighted by Crippen LogP contribution is -2.16. The number of aromatic nitrogens is 1. The van der Waals surface area contributed by atoms with Crippen molar-refractivity contribution in [3.63, 3.8) is 0 Å². The number of halogens is 1. The van der Waals surface area contributed by atoms with E-state index in [0.717, 1.165) is 5.56 Å². The van der Waals surface area contributed by atoms with Crippen molar-refractivity contribution < 1.29 is 0 Å². The van der Waals surface area contributed by atoms with E-state index >= 15 is 0 Å². The van der Waals surface area contributed by atoms with Crippen molar-refractivity contribution >= 4 is 11.6 Å². The van der Waals surface area contributed by atoms with Gasteiger partial charge >= 0.3 is 0 Å². The maximum absolute atomic E-state index is 10.9. The van der Waals surface area contributed by atoms with Gasteiger partial charge in [-0.2, -0.15) is 0 Å². The zero-order chi connectivity index (χ0) is 7.56. The molecule has 0 aromatic carbocycles. The molecule has 3 heteroatoms. The quantitative estimate of drug-likeness (QED) is 0.565. The molecule has 0 aliphatic rings. The molecule has 10 heavy (non-hydrogen) atoms. The topological polar surface area (TPSA) is 22.0 Å². The summed E-state index contributed by atoms with van der Waals surface area (Å²) in [4.78, 5) is 10.9. The third kappa shape index (κ3) is 1.39. The molecule has 0 saturated carbocycles. The fraction of sp³-hybridized carbons (Fsp3) is 0.286. The maximum Gasteiger partial charge on any atom is 0.251 e. The molecule has 0 N–H and O–H groups in total. The minimum absolute atomic E-state index is 0.0463. The molecule has 0 fully saturated rings. The standard InChI is InChI=1S/C7H8ClNO/c1-6-2-3-9(5-8)7(10)4-6/h2-4H,5H2,1H3. The highest BCUT2D eigenvalue weighted by Crippen LogP contribution is 1.91. The minimum Gasteiger partial charge on any atom is -0.301 e. The molecule has 0 amide bonds. The minimum atomic E-state index is -0.0463. The van der Waals surface area contributed by atoms with Crippen LogP contribution >= 0.6 is 11.6 Å². The van der Waals surface area contributed by atoms with Gasteiger partial charge in [0.1, 0.15) is 6.00 Å². The number of hydrogen-bond acceptors (Lipinski definition) is 1. The van der Waals surface area contributed by atoms with Gasteiger partial charge in [-0.25, -0.2) is 0 Å². The Kier molecular flexibility index (Phi) is 2.12. The van der Waals surface area contributed by atoms with Crippen LogP contribution in [0.1, 0.15) is 5.56 Å². The van der Waals surface area contributed by atoms with Crippen LogP contribution in [0.25, 0.3) is 0 Å². The molecule has 0 atom stereocenters. The first kappa shape index (κ1) is 7.35. The van der Waals surface area contributed by atoms with E-state index in [-0.39, 0.29) is 11.6 Å². The lowest BCUT2D eigenvalue weighted by Gasteiger charge is -1.97. The van der Waals surface area contributed by atoms with Gasteiger partial charge in [-0.3, -0.25) is 4.79 Å². The summed E-state index contributed by atoms with van der Waals surface area (Å²) in [5.74, 6) is 0. The van der Waals surface area contributed by atoms with Gasteiger partial charge in [0, 0.05) is 12.3 Å². The van der Waals surface area contributed by atoms with Crippen LogP contribution in [0, 0.1) is 6.92 Å². The van der Waals surface area contributed by atoms with Crippen LogP contribution in [-0.2, 0) is 6.00 Å². The van der Waals surface area contributed by atoms with E-state index in [1.165, 1.54) is 4.57 Å². The summed E-state index contributed by atoms with van der Waals surface area (Å²) >= 11 is 5.45. The molecule has 1 rings (SSSR count). The number of nitrogens with zero attached hydrogens (tertiary/aromatic N) is 1. The second-order valence-electron chi connectivity index (χ2n) is 2.13. The monoisotopic (exact) mass is 157 g/mol. The normalized spacial score (nSPS) is 9.80. The molecule has 0 radical (unpaired) electrons. The molecule has 0 saturated heterocycles. The van der Waals surface area contributed by atoms with Gasteiger partial charge in [-0.15, -0.1) is 11.6 Å². The van der Waals surface area contributed by atoms with Gasteiger partial charge in [0.2, 0.25) is 0 Å². The Morgan fingerprint density at radius 3 is 2.90 bits per heavy atom. The predicted octanol–water partition coefficient (Wildman–Crippen LogP) is 1.35. The lowest BCUT2D eigenvalue weighted by atomic mass is 10.3. The molecule has 2 nitrogen and oxygen atoms in total. The van der Waals surface area contributed by atoms with E-state index in [2.05, 4.69) is 0 Å². The van der Waals surface area contributed by atoms with E-state index in [4.69, 9.17) is 11.6 Å². The highest BCUT2D eigenvalue weighted by atomic mass is 35.5. The first-order valence-electron chi connectivity index (χ1n) is 2.97. The largest absolute Gasteiger partial charge is 0.301 e. The molecule has 1 aromatic heterocycles. The van der Waals surface area contributed by atoms with Gasteiger partial charge in [-0.1, -0.05) is 0 Å². The second-order valence-corrected chi connectivity index (χ2v) is 2.37. The van der Waals surface area contributed by atoms with Crippen molar-refractivity contribution in [2.75, 3.05) is 0 Å². The van der Waals surface area contributed by atoms with Crippen LogP contribution < -0.4 is 5.56 Å². The predicted molar refractivity (Wildman–Crippen MR) is 41.3 cm³/mol. The van der Waals surface area contributed by atoms with Crippen molar-refractivity contribution in [1.82, 2.24) is 4.57 Å². The summed E-state index contributed by atoms with van der Waals surface area (Å²) in [6, 6.07) is 3.63. The van der Waals surface area contributed by atoms with E-state index in [1.54, 1.807) is 12.3 Å². The van der Waals surface area contributed by atoms with Crippen molar-refractivity contribution in [3.8, 4) is 0 Å². The van der Waals surface area contributed by atoms with Crippen molar-refractivity contribution in [2.45, 2.75) is 12.9 Å². The summed E-state index contributed by atoms with van der Waals surface area (Å²) in [6.45, 7) is 1.87. The summed E-state index contributed by atoms with van der Waals surface area (Å²) in [7, 11) is 0. The van der Waals surface area contributed by atoms with Gasteiger partial charge < -0.3 is 4.57 Å². The van der Waals surface area contributed by atoms with E-state index in [0.29, 0.717) is 0 Å². The van der Waals surface area contributed by atoms with Crippen molar-refractivity contribution in [3.05, 3.63) is 34.2 Å². The van der Waals surface area contributed by atoms with Gasteiger partial charge in [0.05, 0.1) is 0 Å². The highest BCUT2D eigenvalue weighted by Gasteiger charge is 1.91. The molecular weight excluding hydrogens is 150 g/mol. The van der Waals surface area contributed by atoms with Crippen LogP contribution in [-0.4, -0.2) is 4.57 Å². The number of aryl methyl sites for hydroxylation is 1. The van der Waals surface area contributed by atoms with E-state index in [1.807, 2.05) is 13.0 Å². The number of alkyl halides is 1. The van der Waals surface area contributed by atoms with Crippen LogP contribution in [0.15, 0.2) is 23.1 Å². The van der Waals surface area contributed by atoms with Crippen LogP contribution in [0.3, 0.4) is 0 Å². The van der Waals surface area contributed by atoms with Crippen molar-refractivity contribution in [1.29, 1.82) is 0 Å². The Morgan fingerprint density at radius 2 is 2.40 bits per heavy atom. The summed E-state index contributed by atoms with van der Waals surface area (Å²) in [5, 5.41) is 0. The zero-order valence-corrected chi connectivity index (χ0v) is 6.43. The van der Waals surface area contributed by atoms with E-state index < -0.39 is 0 Å². The summed E-state index contributed by atoms with van der Waals surface area (Å²) in [6.07, 6.45) is 1.69. The molecular formula is C7H8ClNO. The molecule has 54 valence electrons. The van der Waals surface area contributed by atoms with Crippen LogP contribution in [0.5, 0.6) is 0 Å². The van der Waals surface area contributed by atoms with Crippen molar-refractivity contribution in [2.24, 2.45) is 0 Å². The Bertz CT molecular complexity index is 279. The average molecular weight is 158 g/mol. The molecule has 1 heterocycles. The van der Waals surface area contributed by atoms with Gasteiger partial charge in [0.25, 0.3) is 5.56 Å². The summed E-state index contributed by atoms with van der Waals surface area (Å²) in [5.41, 5.74) is 0.918.